The van der Waals surface area contributed by atoms with Crippen LogP contribution in [0.4, 0.5) is 0 Å². The van der Waals surface area contributed by atoms with E-state index in [1.807, 2.05) is 13.8 Å². The maximum atomic E-state index is 12.2. The van der Waals surface area contributed by atoms with E-state index in [2.05, 4.69) is 10.0 Å². The fourth-order valence-electron chi connectivity index (χ4n) is 1.67. The highest BCUT2D eigenvalue weighted by Gasteiger charge is 2.22. The molecule has 0 heterocycles. The van der Waals surface area contributed by atoms with E-state index in [1.165, 1.54) is 12.1 Å². The van der Waals surface area contributed by atoms with Gasteiger partial charge >= 0.3 is 0 Å². The number of rotatable bonds is 5. The second-order valence-electron chi connectivity index (χ2n) is 6.49. The van der Waals surface area contributed by atoms with E-state index in [0.717, 1.165) is 0 Å². The second-order valence-corrected chi connectivity index (χ2v) is 8.17. The number of carbonyl (C=O) groups is 1. The van der Waals surface area contributed by atoms with Crippen LogP contribution in [-0.2, 0) is 10.0 Å². The first-order chi connectivity index (χ1) is 9.51. The van der Waals surface area contributed by atoms with Gasteiger partial charge in [-0.15, -0.1) is 0 Å². The highest BCUT2D eigenvalue weighted by molar-refractivity contribution is 7.89. The molecule has 21 heavy (non-hydrogen) atoms. The maximum Gasteiger partial charge on any atom is 0.251 e. The molecule has 0 fully saturated rings. The van der Waals surface area contributed by atoms with Crippen molar-refractivity contribution in [3.63, 3.8) is 0 Å². The molecule has 0 aliphatic rings. The van der Waals surface area contributed by atoms with Gasteiger partial charge in [0.05, 0.1) is 4.90 Å². The van der Waals surface area contributed by atoms with Crippen LogP contribution >= 0.6 is 0 Å². The highest BCUT2D eigenvalue weighted by Crippen LogP contribution is 2.14. The van der Waals surface area contributed by atoms with Crippen LogP contribution in [0, 0.1) is 5.92 Å². The Bertz CT molecular complexity index is 602. The molecule has 1 aromatic carbocycles. The molecule has 0 spiro atoms. The summed E-state index contributed by atoms with van der Waals surface area (Å²) in [6, 6.07) is 6.05. The Hall–Kier alpha value is -1.40. The summed E-state index contributed by atoms with van der Waals surface area (Å²) >= 11 is 0. The molecule has 0 aromatic heterocycles. The summed E-state index contributed by atoms with van der Waals surface area (Å²) in [7, 11) is -3.64. The Morgan fingerprint density at radius 1 is 1.24 bits per heavy atom. The van der Waals surface area contributed by atoms with Crippen molar-refractivity contribution in [1.82, 2.24) is 10.0 Å². The van der Waals surface area contributed by atoms with Gasteiger partial charge < -0.3 is 5.32 Å². The third-order valence-electron chi connectivity index (χ3n) is 2.52. The van der Waals surface area contributed by atoms with Crippen molar-refractivity contribution in [2.75, 3.05) is 6.54 Å². The second kappa shape index (κ2) is 6.58. The Morgan fingerprint density at radius 3 is 2.38 bits per heavy atom. The number of hydrogen-bond donors (Lipinski definition) is 2. The van der Waals surface area contributed by atoms with Crippen molar-refractivity contribution < 1.29 is 13.2 Å². The van der Waals surface area contributed by atoms with Gasteiger partial charge in [0, 0.05) is 17.6 Å². The predicted octanol–water partition coefficient (Wildman–Crippen LogP) is 2.15. The molecule has 0 saturated carbocycles. The first kappa shape index (κ1) is 17.7. The highest BCUT2D eigenvalue weighted by atomic mass is 32.2. The molecule has 5 nitrogen and oxygen atoms in total. The topological polar surface area (TPSA) is 75.3 Å². The number of benzene rings is 1. The number of nitrogens with one attached hydrogen (secondary N) is 2. The van der Waals surface area contributed by atoms with E-state index in [-0.39, 0.29) is 10.8 Å². The minimum Gasteiger partial charge on any atom is -0.352 e. The largest absolute Gasteiger partial charge is 0.352 e. The molecule has 0 saturated heterocycles. The van der Waals surface area contributed by atoms with Crippen LogP contribution in [0.5, 0.6) is 0 Å². The van der Waals surface area contributed by atoms with E-state index in [1.54, 1.807) is 32.9 Å². The summed E-state index contributed by atoms with van der Waals surface area (Å²) in [6.45, 7) is 9.84. The smallest absolute Gasteiger partial charge is 0.251 e. The fraction of sp³-hybridized carbons (Fsp3) is 0.533. The summed E-state index contributed by atoms with van der Waals surface area (Å²) in [6.07, 6.45) is 0. The van der Waals surface area contributed by atoms with Crippen molar-refractivity contribution in [2.24, 2.45) is 5.92 Å². The molecule has 6 heteroatoms. The molecule has 0 unspecified atom stereocenters. The minimum absolute atomic E-state index is 0.0922. The molecule has 118 valence electrons. The molecule has 1 amide bonds. The maximum absolute atomic E-state index is 12.2. The lowest BCUT2D eigenvalue weighted by Gasteiger charge is -2.20. The molecular weight excluding hydrogens is 288 g/mol. The van der Waals surface area contributed by atoms with Crippen molar-refractivity contribution >= 4 is 15.9 Å². The van der Waals surface area contributed by atoms with E-state index >= 15 is 0 Å². The van der Waals surface area contributed by atoms with Gasteiger partial charge in [0.1, 0.15) is 0 Å². The van der Waals surface area contributed by atoms with E-state index in [0.29, 0.717) is 18.0 Å². The van der Waals surface area contributed by atoms with Crippen molar-refractivity contribution in [2.45, 2.75) is 45.1 Å². The first-order valence-corrected chi connectivity index (χ1v) is 8.42. The van der Waals surface area contributed by atoms with Crippen LogP contribution in [0.25, 0.3) is 0 Å². The quantitative estimate of drug-likeness (QED) is 0.875. The van der Waals surface area contributed by atoms with Gasteiger partial charge in [0.2, 0.25) is 10.0 Å². The lowest BCUT2D eigenvalue weighted by Crippen LogP contribution is -2.40. The van der Waals surface area contributed by atoms with Crippen LogP contribution in [0.15, 0.2) is 29.2 Å². The molecule has 0 atom stereocenters. The average molecular weight is 312 g/mol. The molecular formula is C15H24N2O3S. The normalized spacial score (nSPS) is 12.5. The Labute approximate surface area is 127 Å². The predicted molar refractivity (Wildman–Crippen MR) is 83.7 cm³/mol. The Morgan fingerprint density at radius 2 is 1.86 bits per heavy atom. The van der Waals surface area contributed by atoms with Gasteiger partial charge in [-0.2, -0.15) is 0 Å². The zero-order valence-electron chi connectivity index (χ0n) is 13.2. The standard InChI is InChI=1S/C15H24N2O3S/c1-11(2)10-16-14(18)12-7-6-8-13(9-12)21(19,20)17-15(3,4)5/h6-9,11,17H,10H2,1-5H3,(H,16,18). The fourth-order valence-corrected chi connectivity index (χ4v) is 3.13. The lowest BCUT2D eigenvalue weighted by molar-refractivity contribution is 0.0949. The monoisotopic (exact) mass is 312 g/mol. The Kier molecular flexibility index (Phi) is 5.53. The van der Waals surface area contributed by atoms with Gasteiger partial charge in [0.15, 0.2) is 0 Å². The van der Waals surface area contributed by atoms with E-state index in [9.17, 15) is 13.2 Å². The third-order valence-corrected chi connectivity index (χ3v) is 4.27. The van der Waals surface area contributed by atoms with Crippen molar-refractivity contribution in [3.05, 3.63) is 29.8 Å². The molecule has 0 aliphatic heterocycles. The summed E-state index contributed by atoms with van der Waals surface area (Å²) in [5, 5.41) is 2.77. The molecule has 1 rings (SSSR count). The average Bonchev–Trinajstić information content (AvgIpc) is 2.33. The van der Waals surface area contributed by atoms with Crippen molar-refractivity contribution in [1.29, 1.82) is 0 Å². The van der Waals surface area contributed by atoms with Crippen LogP contribution in [0.3, 0.4) is 0 Å². The van der Waals surface area contributed by atoms with Gasteiger partial charge in [-0.05, 0) is 44.9 Å². The summed E-state index contributed by atoms with van der Waals surface area (Å²) in [5.41, 5.74) is -0.234. The number of amides is 1. The summed E-state index contributed by atoms with van der Waals surface area (Å²) in [4.78, 5) is 12.1. The van der Waals surface area contributed by atoms with Crippen LogP contribution in [0.1, 0.15) is 45.0 Å². The van der Waals surface area contributed by atoms with Crippen LogP contribution < -0.4 is 10.0 Å². The third kappa shape index (κ3) is 5.85. The number of hydrogen-bond acceptors (Lipinski definition) is 3. The van der Waals surface area contributed by atoms with E-state index < -0.39 is 15.6 Å². The molecule has 0 bridgehead atoms. The zero-order chi connectivity index (χ0) is 16.3. The molecule has 2 N–H and O–H groups in total. The van der Waals surface area contributed by atoms with Crippen LogP contribution in [-0.4, -0.2) is 26.4 Å². The SMILES string of the molecule is CC(C)CNC(=O)c1cccc(S(=O)(=O)NC(C)(C)C)c1. The van der Waals surface area contributed by atoms with Crippen LogP contribution in [0.2, 0.25) is 0 Å². The number of sulfonamides is 1. The van der Waals surface area contributed by atoms with Gasteiger partial charge in [0.25, 0.3) is 5.91 Å². The van der Waals surface area contributed by atoms with Gasteiger partial charge in [-0.1, -0.05) is 19.9 Å². The van der Waals surface area contributed by atoms with Crippen molar-refractivity contribution in [3.8, 4) is 0 Å². The minimum atomic E-state index is -3.64. The van der Waals surface area contributed by atoms with Gasteiger partial charge in [-0.3, -0.25) is 4.79 Å². The summed E-state index contributed by atoms with van der Waals surface area (Å²) in [5.74, 6) is 0.0694. The number of carbonyl (C=O) groups excluding carboxylic acids is 1. The Balaban J connectivity index is 2.98. The molecule has 0 aliphatic carbocycles. The van der Waals surface area contributed by atoms with Gasteiger partial charge in [-0.25, -0.2) is 13.1 Å². The molecule has 1 aromatic rings. The van der Waals surface area contributed by atoms with E-state index in [4.69, 9.17) is 0 Å². The first-order valence-electron chi connectivity index (χ1n) is 6.93. The summed E-state index contributed by atoms with van der Waals surface area (Å²) < 4.78 is 27.1. The molecule has 0 radical (unpaired) electrons. The lowest BCUT2D eigenvalue weighted by atomic mass is 10.1. The zero-order valence-corrected chi connectivity index (χ0v) is 14.0.